The summed E-state index contributed by atoms with van der Waals surface area (Å²) < 4.78 is 5.15. The predicted octanol–water partition coefficient (Wildman–Crippen LogP) is 4.39. The van der Waals surface area contributed by atoms with Gasteiger partial charge >= 0.3 is 0 Å². The fourth-order valence-corrected chi connectivity index (χ4v) is 4.81. The molecule has 150 valence electrons. The Morgan fingerprint density at radius 3 is 2.43 bits per heavy atom. The Labute approximate surface area is 170 Å². The lowest BCUT2D eigenvalue weighted by Gasteiger charge is -2.31. The van der Waals surface area contributed by atoms with E-state index in [1.807, 2.05) is 36.1 Å². The summed E-state index contributed by atoms with van der Waals surface area (Å²) in [5.41, 5.74) is 1.53. The molecule has 28 heavy (non-hydrogen) atoms. The van der Waals surface area contributed by atoms with Crippen LogP contribution < -0.4 is 4.74 Å². The van der Waals surface area contributed by atoms with Crippen LogP contribution in [0.3, 0.4) is 0 Å². The Balaban J connectivity index is 1.60. The van der Waals surface area contributed by atoms with Gasteiger partial charge in [-0.2, -0.15) is 0 Å². The maximum atomic E-state index is 12.9. The molecule has 2 aromatic rings. The Bertz CT molecular complexity index is 834. The minimum absolute atomic E-state index is 0.0310. The van der Waals surface area contributed by atoms with E-state index in [0.29, 0.717) is 37.4 Å². The van der Waals surface area contributed by atoms with Crippen molar-refractivity contribution in [3.63, 3.8) is 0 Å². The maximum absolute atomic E-state index is 12.9. The lowest BCUT2D eigenvalue weighted by atomic mass is 9.89. The van der Waals surface area contributed by atoms with E-state index < -0.39 is 0 Å². The van der Waals surface area contributed by atoms with Crippen LogP contribution in [0.25, 0.3) is 0 Å². The van der Waals surface area contributed by atoms with Crippen molar-refractivity contribution >= 4 is 23.0 Å². The van der Waals surface area contributed by atoms with Gasteiger partial charge in [0, 0.05) is 31.0 Å². The van der Waals surface area contributed by atoms with Gasteiger partial charge in [-0.25, -0.2) is 4.98 Å². The highest BCUT2D eigenvalue weighted by Crippen LogP contribution is 2.27. The summed E-state index contributed by atoms with van der Waals surface area (Å²) in [7, 11) is 1.61. The SMILES string of the molecule is COc1ccc(C(=O)C2CCN(C(=O)c3sc(CC(C)C)nc3C)CC2)cc1. The van der Waals surface area contributed by atoms with Crippen molar-refractivity contribution in [2.75, 3.05) is 20.2 Å². The molecule has 0 aliphatic carbocycles. The standard InChI is InChI=1S/C22H28N2O3S/c1-14(2)13-19-23-15(3)21(28-19)22(26)24-11-9-17(10-12-24)20(25)16-5-7-18(27-4)8-6-16/h5-8,14,17H,9-13H2,1-4H3. The highest BCUT2D eigenvalue weighted by molar-refractivity contribution is 7.13. The minimum atomic E-state index is -0.0310. The summed E-state index contributed by atoms with van der Waals surface area (Å²) >= 11 is 1.52. The van der Waals surface area contributed by atoms with E-state index in [2.05, 4.69) is 18.8 Å². The number of piperidine rings is 1. The van der Waals surface area contributed by atoms with Gasteiger partial charge in [0.2, 0.25) is 0 Å². The van der Waals surface area contributed by atoms with Crippen LogP contribution in [-0.2, 0) is 6.42 Å². The zero-order valence-electron chi connectivity index (χ0n) is 17.0. The van der Waals surface area contributed by atoms with Crippen molar-refractivity contribution in [3.8, 4) is 5.75 Å². The predicted molar refractivity (Wildman–Crippen MR) is 111 cm³/mol. The fraction of sp³-hybridized carbons (Fsp3) is 0.500. The second kappa shape index (κ2) is 8.86. The van der Waals surface area contributed by atoms with Crippen LogP contribution in [0.2, 0.25) is 0 Å². The molecular formula is C22H28N2O3S. The summed E-state index contributed by atoms with van der Waals surface area (Å²) in [5, 5.41) is 1.03. The first-order chi connectivity index (χ1) is 13.4. The van der Waals surface area contributed by atoms with Gasteiger partial charge in [0.05, 0.1) is 17.8 Å². The second-order valence-electron chi connectivity index (χ2n) is 7.78. The summed E-state index contributed by atoms with van der Waals surface area (Å²) in [5.74, 6) is 1.45. The number of thiazole rings is 1. The summed E-state index contributed by atoms with van der Waals surface area (Å²) in [6.45, 7) is 7.45. The number of amides is 1. The van der Waals surface area contributed by atoms with Crippen molar-refractivity contribution in [1.29, 1.82) is 0 Å². The molecule has 0 radical (unpaired) electrons. The largest absolute Gasteiger partial charge is 0.497 e. The molecule has 1 aliphatic heterocycles. The van der Waals surface area contributed by atoms with E-state index in [9.17, 15) is 9.59 Å². The molecule has 3 rings (SSSR count). The Morgan fingerprint density at radius 2 is 1.86 bits per heavy atom. The number of aromatic nitrogens is 1. The summed E-state index contributed by atoms with van der Waals surface area (Å²) in [6.07, 6.45) is 2.30. The number of rotatable bonds is 6. The average molecular weight is 401 g/mol. The van der Waals surface area contributed by atoms with Crippen LogP contribution in [0.5, 0.6) is 5.75 Å². The number of Topliss-reactive ketones (excluding diaryl/α,β-unsaturated/α-hetero) is 1. The third-order valence-electron chi connectivity index (χ3n) is 5.15. The number of carbonyl (C=O) groups is 2. The number of nitrogens with zero attached hydrogens (tertiary/aromatic N) is 2. The van der Waals surface area contributed by atoms with Crippen LogP contribution in [-0.4, -0.2) is 41.8 Å². The molecule has 1 aromatic carbocycles. The molecule has 6 heteroatoms. The van der Waals surface area contributed by atoms with Gasteiger partial charge in [0.25, 0.3) is 5.91 Å². The van der Waals surface area contributed by atoms with Crippen molar-refractivity contribution in [2.24, 2.45) is 11.8 Å². The maximum Gasteiger partial charge on any atom is 0.265 e. The number of ketones is 1. The van der Waals surface area contributed by atoms with Crippen LogP contribution in [0, 0.1) is 18.8 Å². The van der Waals surface area contributed by atoms with E-state index in [4.69, 9.17) is 4.74 Å². The topological polar surface area (TPSA) is 59.5 Å². The van der Waals surface area contributed by atoms with Crippen molar-refractivity contribution in [3.05, 3.63) is 45.4 Å². The molecule has 1 fully saturated rings. The molecular weight excluding hydrogens is 372 g/mol. The van der Waals surface area contributed by atoms with Crippen molar-refractivity contribution in [2.45, 2.75) is 40.0 Å². The van der Waals surface area contributed by atoms with Crippen LogP contribution in [0.15, 0.2) is 24.3 Å². The third kappa shape index (κ3) is 4.61. The lowest BCUT2D eigenvalue weighted by molar-refractivity contribution is 0.0653. The molecule has 0 N–H and O–H groups in total. The van der Waals surface area contributed by atoms with E-state index in [1.54, 1.807) is 7.11 Å². The normalized spacial score (nSPS) is 15.1. The Morgan fingerprint density at radius 1 is 1.21 bits per heavy atom. The quantitative estimate of drug-likeness (QED) is 0.675. The minimum Gasteiger partial charge on any atom is -0.497 e. The fourth-order valence-electron chi connectivity index (χ4n) is 3.57. The summed E-state index contributed by atoms with van der Waals surface area (Å²) in [6, 6.07) is 7.26. The average Bonchev–Trinajstić information content (AvgIpc) is 3.06. The Hall–Kier alpha value is -2.21. The molecule has 0 spiro atoms. The van der Waals surface area contributed by atoms with Crippen LogP contribution in [0.1, 0.15) is 57.4 Å². The van der Waals surface area contributed by atoms with Gasteiger partial charge in [-0.15, -0.1) is 11.3 Å². The zero-order valence-corrected chi connectivity index (χ0v) is 17.8. The van der Waals surface area contributed by atoms with Gasteiger partial charge < -0.3 is 9.64 Å². The molecule has 5 nitrogen and oxygen atoms in total. The first-order valence-corrected chi connectivity index (χ1v) is 10.6. The first kappa shape index (κ1) is 20.5. The number of ether oxygens (including phenoxy) is 1. The molecule has 0 unspecified atom stereocenters. The molecule has 1 saturated heterocycles. The third-order valence-corrected chi connectivity index (χ3v) is 6.31. The number of benzene rings is 1. The number of methoxy groups -OCH3 is 1. The van der Waals surface area contributed by atoms with Gasteiger partial charge in [0.1, 0.15) is 10.6 Å². The van der Waals surface area contributed by atoms with Gasteiger partial charge in [-0.1, -0.05) is 13.8 Å². The number of aryl methyl sites for hydroxylation is 1. The number of carbonyl (C=O) groups excluding carboxylic acids is 2. The van der Waals surface area contributed by atoms with E-state index >= 15 is 0 Å². The van der Waals surface area contributed by atoms with E-state index in [0.717, 1.165) is 27.7 Å². The molecule has 0 bridgehead atoms. The van der Waals surface area contributed by atoms with E-state index in [-0.39, 0.29) is 17.6 Å². The number of hydrogen-bond donors (Lipinski definition) is 0. The molecule has 1 aromatic heterocycles. The molecule has 1 aliphatic rings. The second-order valence-corrected chi connectivity index (χ2v) is 8.86. The Kier molecular flexibility index (Phi) is 6.50. The highest BCUT2D eigenvalue weighted by Gasteiger charge is 2.30. The number of hydrogen-bond acceptors (Lipinski definition) is 5. The summed E-state index contributed by atoms with van der Waals surface area (Å²) in [4.78, 5) is 32.9. The highest BCUT2D eigenvalue weighted by atomic mass is 32.1. The number of likely N-dealkylation sites (tertiary alicyclic amines) is 1. The van der Waals surface area contributed by atoms with Crippen LogP contribution >= 0.6 is 11.3 Å². The monoisotopic (exact) mass is 400 g/mol. The molecule has 0 atom stereocenters. The van der Waals surface area contributed by atoms with Gasteiger partial charge in [-0.05, 0) is 49.9 Å². The molecule has 2 heterocycles. The van der Waals surface area contributed by atoms with Crippen molar-refractivity contribution in [1.82, 2.24) is 9.88 Å². The smallest absolute Gasteiger partial charge is 0.265 e. The van der Waals surface area contributed by atoms with Crippen LogP contribution in [0.4, 0.5) is 0 Å². The van der Waals surface area contributed by atoms with E-state index in [1.165, 1.54) is 11.3 Å². The molecule has 1 amide bonds. The lowest BCUT2D eigenvalue weighted by Crippen LogP contribution is -2.40. The zero-order chi connectivity index (χ0) is 20.3. The van der Waals surface area contributed by atoms with Gasteiger partial charge in [-0.3, -0.25) is 9.59 Å². The van der Waals surface area contributed by atoms with Crippen molar-refractivity contribution < 1.29 is 14.3 Å². The molecule has 0 saturated carbocycles. The van der Waals surface area contributed by atoms with Gasteiger partial charge in [0.15, 0.2) is 5.78 Å². The first-order valence-electron chi connectivity index (χ1n) is 9.83.